The van der Waals surface area contributed by atoms with E-state index in [-0.39, 0.29) is 57.2 Å². The molecule has 0 saturated carbocycles. The van der Waals surface area contributed by atoms with E-state index in [9.17, 15) is 22.9 Å². The van der Waals surface area contributed by atoms with Crippen LogP contribution in [-0.4, -0.2) is 26.0 Å². The van der Waals surface area contributed by atoms with E-state index in [0.29, 0.717) is 27.1 Å². The predicted molar refractivity (Wildman–Crippen MR) is 140 cm³/mol. The van der Waals surface area contributed by atoms with Crippen molar-refractivity contribution >= 4 is 67.1 Å². The second kappa shape index (κ2) is 12.0. The van der Waals surface area contributed by atoms with Gasteiger partial charge in [-0.05, 0) is 48.2 Å². The first-order chi connectivity index (χ1) is 17.5. The fraction of sp³-hybridized carbons (Fsp3) is 0.0800. The van der Waals surface area contributed by atoms with E-state index in [0.717, 1.165) is 0 Å². The summed E-state index contributed by atoms with van der Waals surface area (Å²) in [5, 5.41) is 25.1. The number of hydrogen-bond acceptors (Lipinski definition) is 7. The number of rotatable bonds is 6. The van der Waals surface area contributed by atoms with E-state index in [1.165, 1.54) is 37.4 Å². The fourth-order valence-electron chi connectivity index (χ4n) is 3.63. The minimum atomic E-state index is -4.70. The number of carbonyl (C=O) groups excluding carboxylic acids is 1. The third-order valence-electron chi connectivity index (χ3n) is 5.33. The zero-order valence-electron chi connectivity index (χ0n) is 20.3. The molecule has 4 aromatic rings. The van der Waals surface area contributed by atoms with Crippen LogP contribution in [0.15, 0.2) is 75.8 Å². The smallest absolute Gasteiger partial charge is 0.870 e. The van der Waals surface area contributed by atoms with Crippen molar-refractivity contribution in [3.63, 3.8) is 0 Å². The zero-order valence-corrected chi connectivity index (χ0v) is 24.6. The van der Waals surface area contributed by atoms with Crippen LogP contribution in [0, 0.1) is 6.92 Å². The number of methoxy groups -OCH3 is 1. The van der Waals surface area contributed by atoms with Crippen molar-refractivity contribution in [1.29, 1.82) is 0 Å². The molecule has 38 heavy (non-hydrogen) atoms. The summed E-state index contributed by atoms with van der Waals surface area (Å²) in [6.07, 6.45) is 0. The van der Waals surface area contributed by atoms with E-state index in [2.05, 4.69) is 15.5 Å². The number of nitrogens with zero attached hydrogens (tertiary/aromatic N) is 2. The van der Waals surface area contributed by atoms with Gasteiger partial charge in [0.1, 0.15) is 16.3 Å². The average Bonchev–Trinajstić information content (AvgIpc) is 2.84. The standard InChI is InChI=1S/C25H19Cl2N3O6S.Na/c1-13-9-18(27)23(21(10-13)37(33,34)35)30-29-22-16-6-4-3-5-14(16)11-17(24(22)31)25(32)28-19-8-7-15(26)12-20(19)36-2;/h3-12,31H,1-2H3,(H,28,32)(H,33,34,35);/q;+1/p-1. The van der Waals surface area contributed by atoms with Crippen molar-refractivity contribution in [1.82, 2.24) is 0 Å². The molecule has 13 heteroatoms. The molecule has 0 aliphatic carbocycles. The quantitative estimate of drug-likeness (QED) is 0.203. The van der Waals surface area contributed by atoms with E-state index in [4.69, 9.17) is 27.9 Å². The molecule has 1 amide bonds. The summed E-state index contributed by atoms with van der Waals surface area (Å²) >= 11 is 12.2. The van der Waals surface area contributed by atoms with Crippen LogP contribution >= 0.6 is 23.2 Å². The maximum atomic E-state index is 13.4. The number of anilines is 1. The van der Waals surface area contributed by atoms with E-state index >= 15 is 0 Å². The largest absolute Gasteiger partial charge is 1.00 e. The molecule has 0 spiro atoms. The Balaban J connectivity index is 0.00000400. The molecule has 0 aliphatic rings. The Kier molecular flexibility index (Phi) is 9.43. The van der Waals surface area contributed by atoms with Gasteiger partial charge in [-0.2, -0.15) is 13.5 Å². The average molecular weight is 582 g/mol. The second-order valence-electron chi connectivity index (χ2n) is 7.89. The van der Waals surface area contributed by atoms with Crippen molar-refractivity contribution in [2.24, 2.45) is 10.2 Å². The van der Waals surface area contributed by atoms with E-state index in [1.807, 2.05) is 0 Å². The Morgan fingerprint density at radius 2 is 1.71 bits per heavy atom. The van der Waals surface area contributed by atoms with Gasteiger partial charge in [-0.25, -0.2) is 0 Å². The molecule has 9 nitrogen and oxygen atoms in total. The van der Waals surface area contributed by atoms with Crippen molar-refractivity contribution in [2.45, 2.75) is 11.8 Å². The van der Waals surface area contributed by atoms with Crippen molar-refractivity contribution < 1.29 is 57.2 Å². The molecule has 4 aromatic carbocycles. The van der Waals surface area contributed by atoms with Crippen molar-refractivity contribution in [3.8, 4) is 11.5 Å². The molecule has 190 valence electrons. The first-order valence-electron chi connectivity index (χ1n) is 10.6. The number of aryl methyl sites for hydroxylation is 1. The van der Waals surface area contributed by atoms with Crippen LogP contribution in [0.2, 0.25) is 10.0 Å². The third-order valence-corrected chi connectivity index (χ3v) is 6.72. The van der Waals surface area contributed by atoms with Crippen LogP contribution in [0.3, 0.4) is 0 Å². The summed E-state index contributed by atoms with van der Waals surface area (Å²) in [7, 11) is -3.29. The number of fused-ring (bicyclic) bond motifs is 1. The minimum Gasteiger partial charge on any atom is -0.870 e. The Hall–Kier alpha value is -2.70. The van der Waals surface area contributed by atoms with Crippen LogP contribution in [-0.2, 0) is 10.1 Å². The number of hydrogen-bond donors (Lipinski definition) is 2. The molecule has 0 fully saturated rings. The van der Waals surface area contributed by atoms with Gasteiger partial charge >= 0.3 is 29.6 Å². The first-order valence-corrected chi connectivity index (χ1v) is 12.8. The fourth-order valence-corrected chi connectivity index (χ4v) is 4.89. The number of azo groups is 1. The zero-order chi connectivity index (χ0) is 26.9. The van der Waals surface area contributed by atoms with Crippen LogP contribution in [0.25, 0.3) is 10.8 Å². The molecule has 4 rings (SSSR count). The Labute approximate surface area is 250 Å². The molecule has 2 N–H and O–H groups in total. The third kappa shape index (κ3) is 6.29. The molecular formula is C25H18Cl2N3NaO6S. The van der Waals surface area contributed by atoms with Crippen LogP contribution in [0.4, 0.5) is 17.1 Å². The number of amides is 1. The van der Waals surface area contributed by atoms with Gasteiger partial charge in [-0.1, -0.05) is 53.2 Å². The van der Waals surface area contributed by atoms with E-state index < -0.39 is 26.7 Å². The number of nitrogens with one attached hydrogen (secondary N) is 1. The Bertz CT molecular complexity index is 1700. The second-order valence-corrected chi connectivity index (χ2v) is 10.1. The summed E-state index contributed by atoms with van der Waals surface area (Å²) in [6, 6.07) is 15.3. The van der Waals surface area contributed by atoms with Gasteiger partial charge in [0, 0.05) is 22.0 Å². The van der Waals surface area contributed by atoms with Crippen molar-refractivity contribution in [2.75, 3.05) is 12.4 Å². The molecule has 0 radical (unpaired) electrons. The maximum absolute atomic E-state index is 13.4. The monoisotopic (exact) mass is 581 g/mol. The predicted octanol–water partition coefficient (Wildman–Crippen LogP) is 3.46. The van der Waals surface area contributed by atoms with Gasteiger partial charge in [0.05, 0.1) is 23.5 Å². The minimum absolute atomic E-state index is 0. The van der Waals surface area contributed by atoms with Crippen LogP contribution in [0.1, 0.15) is 15.9 Å². The topological polar surface area (TPSA) is 140 Å². The SMILES string of the molecule is COc1cc(Cl)ccc1NC(=O)c1cc2ccccc2c(N=Nc2c(Cl)cc(C)cc2S(=O)(=O)O)c1[O-].[Na+]. The van der Waals surface area contributed by atoms with Crippen LogP contribution < -0.4 is 44.7 Å². The van der Waals surface area contributed by atoms with Crippen molar-refractivity contribution in [3.05, 3.63) is 81.8 Å². The summed E-state index contributed by atoms with van der Waals surface area (Å²) in [4.78, 5) is 12.6. The summed E-state index contributed by atoms with van der Waals surface area (Å²) in [5.74, 6) is -1.20. The normalized spacial score (nSPS) is 11.4. The van der Waals surface area contributed by atoms with Gasteiger partial charge in [-0.15, -0.1) is 5.11 Å². The summed E-state index contributed by atoms with van der Waals surface area (Å²) < 4.78 is 38.7. The maximum Gasteiger partial charge on any atom is 1.00 e. The molecule has 0 heterocycles. The number of halogens is 2. The number of ether oxygens (including phenoxy) is 1. The Morgan fingerprint density at radius 1 is 1.03 bits per heavy atom. The van der Waals surface area contributed by atoms with Gasteiger partial charge in [0.15, 0.2) is 0 Å². The molecule has 0 unspecified atom stereocenters. The van der Waals surface area contributed by atoms with Gasteiger partial charge in [-0.3, -0.25) is 9.35 Å². The number of carbonyl (C=O) groups is 1. The summed E-state index contributed by atoms with van der Waals surface area (Å²) in [5.41, 5.74) is -0.0578. The van der Waals surface area contributed by atoms with Gasteiger partial charge in [0.2, 0.25) is 0 Å². The summed E-state index contributed by atoms with van der Waals surface area (Å²) in [6.45, 7) is 1.59. The molecule has 0 aromatic heterocycles. The Morgan fingerprint density at radius 3 is 2.39 bits per heavy atom. The molecule has 0 atom stereocenters. The molecule has 0 bridgehead atoms. The first kappa shape index (κ1) is 29.9. The molecule has 0 aliphatic heterocycles. The van der Waals surface area contributed by atoms with Crippen LogP contribution in [0.5, 0.6) is 11.5 Å². The van der Waals surface area contributed by atoms with E-state index in [1.54, 1.807) is 37.3 Å². The van der Waals surface area contributed by atoms with Gasteiger partial charge in [0.25, 0.3) is 16.0 Å². The van der Waals surface area contributed by atoms with Gasteiger partial charge < -0.3 is 15.2 Å². The molecule has 0 saturated heterocycles. The number of benzene rings is 4. The molecular weight excluding hydrogens is 564 g/mol.